The molecule has 0 aliphatic carbocycles. The van der Waals surface area contributed by atoms with Gasteiger partial charge in [-0.2, -0.15) is 15.3 Å². The molecule has 3 aromatic heterocycles. The molecule has 1 N–H and O–H groups in total. The standard InChI is InChI=1S/C17H22ClN7O/c1-4-16(25-10-14(18)7-21-25)17(26)22-15-8-19-23(11-15)9-13-6-20-24(5-2)12(13)3/h6-8,10-11,16H,4-5,9H2,1-3H3,(H,22,26). The molecule has 3 heterocycles. The van der Waals surface area contributed by atoms with Crippen LogP contribution in [-0.2, 0) is 17.9 Å². The topological polar surface area (TPSA) is 82.6 Å². The quantitative estimate of drug-likeness (QED) is 0.688. The van der Waals surface area contributed by atoms with Gasteiger partial charge in [0.05, 0.1) is 35.8 Å². The fourth-order valence-electron chi connectivity index (χ4n) is 2.85. The normalized spacial score (nSPS) is 12.3. The Hall–Kier alpha value is -2.61. The number of hydrogen-bond acceptors (Lipinski definition) is 4. The molecule has 0 radical (unpaired) electrons. The first kappa shape index (κ1) is 18.2. The maximum atomic E-state index is 12.6. The van der Waals surface area contributed by atoms with Gasteiger partial charge in [0.1, 0.15) is 6.04 Å². The maximum Gasteiger partial charge on any atom is 0.249 e. The van der Waals surface area contributed by atoms with E-state index in [4.69, 9.17) is 11.6 Å². The number of carbonyl (C=O) groups excluding carboxylic acids is 1. The summed E-state index contributed by atoms with van der Waals surface area (Å²) in [4.78, 5) is 12.6. The molecule has 3 rings (SSSR count). The molecule has 1 amide bonds. The van der Waals surface area contributed by atoms with Gasteiger partial charge < -0.3 is 5.32 Å². The summed E-state index contributed by atoms with van der Waals surface area (Å²) in [6.45, 7) is 7.47. The average molecular weight is 376 g/mol. The van der Waals surface area contributed by atoms with Crippen molar-refractivity contribution in [3.63, 3.8) is 0 Å². The van der Waals surface area contributed by atoms with Crippen molar-refractivity contribution < 1.29 is 4.79 Å². The summed E-state index contributed by atoms with van der Waals surface area (Å²) in [6.07, 6.45) is 9.08. The van der Waals surface area contributed by atoms with E-state index in [0.717, 1.165) is 17.8 Å². The van der Waals surface area contributed by atoms with Crippen LogP contribution in [0.1, 0.15) is 37.6 Å². The Morgan fingerprint density at radius 3 is 2.62 bits per heavy atom. The Morgan fingerprint density at radius 1 is 1.19 bits per heavy atom. The molecule has 0 saturated heterocycles. The number of halogens is 1. The smallest absolute Gasteiger partial charge is 0.249 e. The third kappa shape index (κ3) is 3.80. The lowest BCUT2D eigenvalue weighted by molar-refractivity contribution is -0.119. The molecule has 26 heavy (non-hydrogen) atoms. The highest BCUT2D eigenvalue weighted by molar-refractivity contribution is 6.30. The first-order chi connectivity index (χ1) is 12.5. The number of rotatable bonds is 7. The van der Waals surface area contributed by atoms with Crippen LogP contribution in [0.25, 0.3) is 0 Å². The third-order valence-electron chi connectivity index (χ3n) is 4.32. The van der Waals surface area contributed by atoms with E-state index in [-0.39, 0.29) is 5.91 Å². The van der Waals surface area contributed by atoms with Crippen LogP contribution in [0.15, 0.2) is 31.0 Å². The number of aryl methyl sites for hydroxylation is 1. The summed E-state index contributed by atoms with van der Waals surface area (Å²) < 4.78 is 5.30. The second kappa shape index (κ2) is 7.74. The maximum absolute atomic E-state index is 12.6. The summed E-state index contributed by atoms with van der Waals surface area (Å²) in [5, 5.41) is 16.2. The second-order valence-electron chi connectivity index (χ2n) is 6.05. The zero-order chi connectivity index (χ0) is 18.7. The van der Waals surface area contributed by atoms with Gasteiger partial charge >= 0.3 is 0 Å². The van der Waals surface area contributed by atoms with Crippen LogP contribution >= 0.6 is 11.6 Å². The van der Waals surface area contributed by atoms with Crippen molar-refractivity contribution in [1.29, 1.82) is 0 Å². The third-order valence-corrected chi connectivity index (χ3v) is 4.51. The summed E-state index contributed by atoms with van der Waals surface area (Å²) in [5.74, 6) is -0.151. The van der Waals surface area contributed by atoms with Crippen molar-refractivity contribution in [2.75, 3.05) is 5.32 Å². The lowest BCUT2D eigenvalue weighted by atomic mass is 10.2. The summed E-state index contributed by atoms with van der Waals surface area (Å²) in [5.41, 5.74) is 2.87. The molecular weight excluding hydrogens is 354 g/mol. The average Bonchev–Trinajstić information content (AvgIpc) is 3.31. The molecule has 9 heteroatoms. The van der Waals surface area contributed by atoms with Gasteiger partial charge in [-0.05, 0) is 20.3 Å². The molecule has 0 fully saturated rings. The van der Waals surface area contributed by atoms with Crippen LogP contribution in [0, 0.1) is 6.92 Å². The molecule has 0 bridgehead atoms. The molecule has 3 aromatic rings. The molecule has 1 atom stereocenters. The van der Waals surface area contributed by atoms with E-state index in [2.05, 4.69) is 27.5 Å². The summed E-state index contributed by atoms with van der Waals surface area (Å²) in [6, 6.07) is -0.420. The Bertz CT molecular complexity index is 895. The number of nitrogens with one attached hydrogen (secondary N) is 1. The highest BCUT2D eigenvalue weighted by Gasteiger charge is 2.20. The summed E-state index contributed by atoms with van der Waals surface area (Å²) in [7, 11) is 0. The highest BCUT2D eigenvalue weighted by Crippen LogP contribution is 2.17. The minimum atomic E-state index is -0.420. The SMILES string of the molecule is CCC(C(=O)Nc1cnn(Cc2cnn(CC)c2C)c1)n1cc(Cl)cn1. The lowest BCUT2D eigenvalue weighted by Gasteiger charge is -2.14. The minimum Gasteiger partial charge on any atom is -0.322 e. The van der Waals surface area contributed by atoms with E-state index in [0.29, 0.717) is 23.7 Å². The van der Waals surface area contributed by atoms with Crippen LogP contribution in [0.4, 0.5) is 5.69 Å². The van der Waals surface area contributed by atoms with E-state index in [1.54, 1.807) is 21.8 Å². The molecule has 8 nitrogen and oxygen atoms in total. The van der Waals surface area contributed by atoms with Gasteiger partial charge in [-0.15, -0.1) is 0 Å². The van der Waals surface area contributed by atoms with Crippen molar-refractivity contribution in [1.82, 2.24) is 29.3 Å². The van der Waals surface area contributed by atoms with Gasteiger partial charge in [0.15, 0.2) is 0 Å². The first-order valence-electron chi connectivity index (χ1n) is 8.56. The predicted molar refractivity (Wildman–Crippen MR) is 99.2 cm³/mol. The van der Waals surface area contributed by atoms with Gasteiger partial charge in [-0.1, -0.05) is 18.5 Å². The van der Waals surface area contributed by atoms with Gasteiger partial charge in [-0.3, -0.25) is 18.8 Å². The van der Waals surface area contributed by atoms with Crippen LogP contribution in [0.3, 0.4) is 0 Å². The van der Waals surface area contributed by atoms with Crippen LogP contribution in [0.2, 0.25) is 5.02 Å². The number of carbonyl (C=O) groups is 1. The number of amides is 1. The van der Waals surface area contributed by atoms with E-state index >= 15 is 0 Å². The van der Waals surface area contributed by atoms with Crippen molar-refractivity contribution in [3.05, 3.63) is 47.3 Å². The Labute approximate surface area is 156 Å². The molecule has 0 aromatic carbocycles. The van der Waals surface area contributed by atoms with E-state index in [1.807, 2.05) is 30.9 Å². The molecule has 0 aliphatic rings. The minimum absolute atomic E-state index is 0.151. The van der Waals surface area contributed by atoms with Gasteiger partial charge in [0.2, 0.25) is 5.91 Å². The van der Waals surface area contributed by atoms with E-state index in [9.17, 15) is 4.79 Å². The van der Waals surface area contributed by atoms with E-state index < -0.39 is 6.04 Å². The van der Waals surface area contributed by atoms with Crippen LogP contribution < -0.4 is 5.32 Å². The Morgan fingerprint density at radius 2 is 2.00 bits per heavy atom. The van der Waals surface area contributed by atoms with Crippen LogP contribution in [-0.4, -0.2) is 35.2 Å². The zero-order valence-electron chi connectivity index (χ0n) is 15.1. The van der Waals surface area contributed by atoms with Crippen molar-refractivity contribution >= 4 is 23.2 Å². The fourth-order valence-corrected chi connectivity index (χ4v) is 3.00. The Kier molecular flexibility index (Phi) is 5.41. The first-order valence-corrected chi connectivity index (χ1v) is 8.93. The number of aromatic nitrogens is 6. The number of anilines is 1. The van der Waals surface area contributed by atoms with E-state index in [1.165, 1.54) is 6.20 Å². The molecule has 0 spiro atoms. The zero-order valence-corrected chi connectivity index (χ0v) is 15.8. The van der Waals surface area contributed by atoms with Gasteiger partial charge in [0, 0.05) is 30.2 Å². The molecule has 0 aliphatic heterocycles. The Balaban J connectivity index is 1.67. The molecule has 1 unspecified atom stereocenters. The van der Waals surface area contributed by atoms with Crippen molar-refractivity contribution in [2.24, 2.45) is 0 Å². The summed E-state index contributed by atoms with van der Waals surface area (Å²) >= 11 is 5.90. The largest absolute Gasteiger partial charge is 0.322 e. The number of hydrogen-bond donors (Lipinski definition) is 1. The second-order valence-corrected chi connectivity index (χ2v) is 6.49. The van der Waals surface area contributed by atoms with Gasteiger partial charge in [-0.25, -0.2) is 0 Å². The monoisotopic (exact) mass is 375 g/mol. The van der Waals surface area contributed by atoms with Gasteiger partial charge in [0.25, 0.3) is 0 Å². The highest BCUT2D eigenvalue weighted by atomic mass is 35.5. The molecule has 0 saturated carbocycles. The fraction of sp³-hybridized carbons (Fsp3) is 0.412. The van der Waals surface area contributed by atoms with Crippen LogP contribution in [0.5, 0.6) is 0 Å². The lowest BCUT2D eigenvalue weighted by Crippen LogP contribution is -2.25. The predicted octanol–water partition coefficient (Wildman–Crippen LogP) is 2.90. The van der Waals surface area contributed by atoms with Crippen molar-refractivity contribution in [2.45, 2.75) is 46.3 Å². The van der Waals surface area contributed by atoms with Crippen molar-refractivity contribution in [3.8, 4) is 0 Å². The molecular formula is C17H22ClN7O. The number of nitrogens with zero attached hydrogens (tertiary/aromatic N) is 6. The molecule has 138 valence electrons.